The number of nitrogens with one attached hydrogen (secondary N) is 1. The predicted octanol–water partition coefficient (Wildman–Crippen LogP) is 4.82. The van der Waals surface area contributed by atoms with Crippen molar-refractivity contribution in [3.63, 3.8) is 0 Å². The molecule has 0 aromatic heterocycles. The van der Waals surface area contributed by atoms with E-state index in [-0.39, 0.29) is 0 Å². The summed E-state index contributed by atoms with van der Waals surface area (Å²) in [6.07, 6.45) is 13.3. The van der Waals surface area contributed by atoms with Crippen LogP contribution in [-0.4, -0.2) is 18.8 Å². The third-order valence-corrected chi connectivity index (χ3v) is 8.00. The zero-order valence-corrected chi connectivity index (χ0v) is 15.2. The number of hydrogen-bond donors (Lipinski definition) is 1. The molecule has 0 aromatic carbocycles. The summed E-state index contributed by atoms with van der Waals surface area (Å²) in [5.74, 6) is 2.57. The largest absolute Gasteiger partial charge is 0.383 e. The molecule has 2 saturated carbocycles. The number of hydrogen-bond acceptors (Lipinski definition) is 2. The molecule has 23 heavy (non-hydrogen) atoms. The molecule has 2 heteroatoms. The number of ether oxygens (including phenoxy) is 1. The summed E-state index contributed by atoms with van der Waals surface area (Å²) in [6.45, 7) is 9.24. The Labute approximate surface area is 141 Å². The normalized spacial score (nSPS) is 49.3. The smallest absolute Gasteiger partial charge is 0.0608 e. The van der Waals surface area contributed by atoms with E-state index in [0.29, 0.717) is 17.1 Å². The van der Waals surface area contributed by atoms with Gasteiger partial charge in [0.1, 0.15) is 0 Å². The molecule has 1 N–H and O–H groups in total. The Morgan fingerprint density at radius 3 is 2.78 bits per heavy atom. The van der Waals surface area contributed by atoms with Crippen LogP contribution in [0.25, 0.3) is 0 Å². The topological polar surface area (TPSA) is 21.3 Å². The van der Waals surface area contributed by atoms with Crippen molar-refractivity contribution in [1.82, 2.24) is 5.32 Å². The third kappa shape index (κ3) is 2.32. The molecular formula is C21H33NO. The van der Waals surface area contributed by atoms with Gasteiger partial charge in [-0.05, 0) is 81.5 Å². The summed E-state index contributed by atoms with van der Waals surface area (Å²) in [6, 6.07) is 0. The first-order valence-electron chi connectivity index (χ1n) is 9.64. The highest BCUT2D eigenvalue weighted by Crippen LogP contribution is 2.60. The average molecular weight is 316 g/mol. The molecule has 1 aliphatic heterocycles. The molecule has 3 fully saturated rings. The fourth-order valence-electron chi connectivity index (χ4n) is 6.63. The van der Waals surface area contributed by atoms with Crippen molar-refractivity contribution in [3.05, 3.63) is 23.9 Å². The highest BCUT2D eigenvalue weighted by atomic mass is 16.5. The second kappa shape index (κ2) is 5.37. The van der Waals surface area contributed by atoms with Gasteiger partial charge in [-0.1, -0.05) is 25.2 Å². The average Bonchev–Trinajstić information content (AvgIpc) is 2.52. The van der Waals surface area contributed by atoms with E-state index in [2.05, 4.69) is 31.8 Å². The molecule has 128 valence electrons. The van der Waals surface area contributed by atoms with Crippen molar-refractivity contribution >= 4 is 0 Å². The predicted molar refractivity (Wildman–Crippen MR) is 95.1 cm³/mol. The molecule has 3 aliphatic carbocycles. The maximum atomic E-state index is 5.67. The molecule has 0 radical (unpaired) electrons. The van der Waals surface area contributed by atoms with E-state index < -0.39 is 0 Å². The first-order chi connectivity index (χ1) is 11.0. The van der Waals surface area contributed by atoms with Gasteiger partial charge in [-0.2, -0.15) is 0 Å². The Balaban J connectivity index is 1.63. The minimum absolute atomic E-state index is 0.294. The van der Waals surface area contributed by atoms with Gasteiger partial charge in [0.2, 0.25) is 0 Å². The second-order valence-corrected chi connectivity index (χ2v) is 9.08. The molecule has 0 spiro atoms. The number of piperidine rings is 1. The lowest BCUT2D eigenvalue weighted by molar-refractivity contribution is -0.0415. The summed E-state index contributed by atoms with van der Waals surface area (Å²) in [7, 11) is 1.88. The van der Waals surface area contributed by atoms with Crippen molar-refractivity contribution < 1.29 is 4.74 Å². The molecular weight excluding hydrogens is 282 g/mol. The fourth-order valence-corrected chi connectivity index (χ4v) is 6.63. The zero-order chi connectivity index (χ0) is 16.2. The highest BCUT2D eigenvalue weighted by Gasteiger charge is 2.55. The van der Waals surface area contributed by atoms with Crippen LogP contribution >= 0.6 is 0 Å². The van der Waals surface area contributed by atoms with Crippen molar-refractivity contribution in [2.45, 2.75) is 76.9 Å². The van der Waals surface area contributed by atoms with E-state index in [1.54, 1.807) is 5.57 Å². The molecule has 0 amide bonds. The fraction of sp³-hybridized carbons (Fsp3) is 0.810. The van der Waals surface area contributed by atoms with E-state index in [1.807, 2.05) is 7.11 Å². The summed E-state index contributed by atoms with van der Waals surface area (Å²) < 4.78 is 5.67. The van der Waals surface area contributed by atoms with Gasteiger partial charge in [0.05, 0.1) is 6.10 Å². The van der Waals surface area contributed by atoms with E-state index in [0.717, 1.165) is 17.8 Å². The van der Waals surface area contributed by atoms with Crippen molar-refractivity contribution in [3.8, 4) is 0 Å². The van der Waals surface area contributed by atoms with E-state index >= 15 is 0 Å². The van der Waals surface area contributed by atoms with Gasteiger partial charge in [0.15, 0.2) is 0 Å². The van der Waals surface area contributed by atoms with Crippen LogP contribution in [0.4, 0.5) is 0 Å². The summed E-state index contributed by atoms with van der Waals surface area (Å²) >= 11 is 0. The van der Waals surface area contributed by atoms with Crippen LogP contribution in [0.15, 0.2) is 23.9 Å². The molecule has 0 bridgehead atoms. The number of rotatable bonds is 1. The zero-order valence-electron chi connectivity index (χ0n) is 15.2. The lowest BCUT2D eigenvalue weighted by atomic mass is 9.48. The van der Waals surface area contributed by atoms with E-state index in [1.165, 1.54) is 57.1 Å². The first kappa shape index (κ1) is 15.7. The molecule has 4 rings (SSSR count). The standard InChI is InChI=1S/C21H33NO/c1-14-5-8-19-17-7-6-15-13-16(23-4)9-11-20(15,2)18(17)10-12-21(19,3)22-14/h6,16-19,22H,1,5,7-13H2,2-4H3/t16-,17+,18-,19-,20?,21-/m0/s1. The van der Waals surface area contributed by atoms with Gasteiger partial charge in [-0.15, -0.1) is 0 Å². The SMILES string of the molecule is C=C1CC[C@H]2[C@@H]3CC=C4C[C@@H](OC)CCC4(C)[C@H]3CC[C@]2(C)N1. The Morgan fingerprint density at radius 1 is 1.17 bits per heavy atom. The summed E-state index contributed by atoms with van der Waals surface area (Å²) in [4.78, 5) is 0. The Morgan fingerprint density at radius 2 is 2.00 bits per heavy atom. The van der Waals surface area contributed by atoms with E-state index in [9.17, 15) is 0 Å². The monoisotopic (exact) mass is 315 g/mol. The second-order valence-electron chi connectivity index (χ2n) is 9.08. The van der Waals surface area contributed by atoms with Gasteiger partial charge in [-0.25, -0.2) is 0 Å². The van der Waals surface area contributed by atoms with Gasteiger partial charge in [-0.3, -0.25) is 0 Å². The van der Waals surface area contributed by atoms with Crippen LogP contribution in [-0.2, 0) is 4.74 Å². The van der Waals surface area contributed by atoms with Gasteiger partial charge in [0.25, 0.3) is 0 Å². The minimum Gasteiger partial charge on any atom is -0.383 e. The third-order valence-electron chi connectivity index (χ3n) is 8.00. The van der Waals surface area contributed by atoms with Crippen molar-refractivity contribution in [1.29, 1.82) is 0 Å². The van der Waals surface area contributed by atoms with Gasteiger partial charge < -0.3 is 10.1 Å². The maximum absolute atomic E-state index is 5.67. The molecule has 0 aromatic rings. The molecule has 6 atom stereocenters. The first-order valence-corrected chi connectivity index (χ1v) is 9.64. The Bertz CT molecular complexity index is 538. The number of fused-ring (bicyclic) bond motifs is 5. The highest BCUT2D eigenvalue weighted by molar-refractivity contribution is 5.26. The Hall–Kier alpha value is -0.760. The molecule has 1 heterocycles. The minimum atomic E-state index is 0.294. The van der Waals surface area contributed by atoms with Crippen molar-refractivity contribution in [2.75, 3.05) is 7.11 Å². The van der Waals surface area contributed by atoms with Crippen LogP contribution in [0.5, 0.6) is 0 Å². The lowest BCUT2D eigenvalue weighted by Crippen LogP contribution is -2.60. The lowest BCUT2D eigenvalue weighted by Gasteiger charge is -2.60. The summed E-state index contributed by atoms with van der Waals surface area (Å²) in [5.41, 5.74) is 3.71. The van der Waals surface area contributed by atoms with Crippen LogP contribution < -0.4 is 5.32 Å². The van der Waals surface area contributed by atoms with Crippen LogP contribution in [0.1, 0.15) is 65.2 Å². The van der Waals surface area contributed by atoms with Crippen LogP contribution in [0, 0.1) is 23.2 Å². The van der Waals surface area contributed by atoms with Crippen LogP contribution in [0.3, 0.4) is 0 Å². The van der Waals surface area contributed by atoms with Crippen LogP contribution in [0.2, 0.25) is 0 Å². The van der Waals surface area contributed by atoms with E-state index in [4.69, 9.17) is 4.74 Å². The Kier molecular flexibility index (Phi) is 3.68. The molecule has 4 aliphatic rings. The maximum Gasteiger partial charge on any atom is 0.0608 e. The molecule has 2 nitrogen and oxygen atoms in total. The number of allylic oxidation sites excluding steroid dienone is 2. The van der Waals surface area contributed by atoms with Gasteiger partial charge >= 0.3 is 0 Å². The molecule has 1 saturated heterocycles. The quantitative estimate of drug-likeness (QED) is 0.700. The molecule has 1 unspecified atom stereocenters. The number of methoxy groups -OCH3 is 1. The summed E-state index contributed by atoms with van der Waals surface area (Å²) in [5, 5.41) is 3.79. The van der Waals surface area contributed by atoms with Gasteiger partial charge in [0, 0.05) is 18.3 Å². The van der Waals surface area contributed by atoms with Crippen molar-refractivity contribution in [2.24, 2.45) is 23.2 Å².